The maximum atomic E-state index is 12.4. The summed E-state index contributed by atoms with van der Waals surface area (Å²) in [6.45, 7) is 0. The fourth-order valence-corrected chi connectivity index (χ4v) is 3.22. The molecular weight excluding hydrogens is 384 g/mol. The van der Waals surface area contributed by atoms with E-state index in [1.165, 1.54) is 17.6 Å². The van der Waals surface area contributed by atoms with E-state index in [1.54, 1.807) is 11.6 Å². The lowest BCUT2D eigenvalue weighted by Crippen LogP contribution is -2.20. The molecule has 1 aliphatic heterocycles. The van der Waals surface area contributed by atoms with E-state index in [9.17, 15) is 9.59 Å². The number of carbonyl (C=O) groups excluding carboxylic acids is 2. The first-order valence-corrected chi connectivity index (χ1v) is 9.06. The van der Waals surface area contributed by atoms with Gasteiger partial charge in [0.2, 0.25) is 17.9 Å². The molecule has 142 valence electrons. The van der Waals surface area contributed by atoms with Gasteiger partial charge in [-0.05, 0) is 5.56 Å². The number of carbonyl (C=O) groups is 2. The smallest absolute Gasteiger partial charge is 0.296 e. The number of primary amides is 1. The summed E-state index contributed by atoms with van der Waals surface area (Å²) in [6.07, 6.45) is 2.61. The summed E-state index contributed by atoms with van der Waals surface area (Å²) in [5, 5.41) is 8.39. The number of nitrogens with zero attached hydrogens (tertiary/aromatic N) is 2. The number of hydrogen-bond donors (Lipinski definition) is 2. The van der Waals surface area contributed by atoms with Crippen LogP contribution in [-0.2, 0) is 20.7 Å². The molecule has 3 N–H and O–H groups in total. The highest BCUT2D eigenvalue weighted by atomic mass is 32.1. The number of nitrogens with one attached hydrogen (secondary N) is 1. The minimum Gasteiger partial charge on any atom is -0.458 e. The van der Waals surface area contributed by atoms with Gasteiger partial charge in [-0.1, -0.05) is 35.5 Å². The molecule has 10 heteroatoms. The third-order valence-corrected chi connectivity index (χ3v) is 4.63. The number of nitrogens with two attached hydrogens (primary N) is 1. The highest BCUT2D eigenvalue weighted by Crippen LogP contribution is 2.30. The van der Waals surface area contributed by atoms with Crippen molar-refractivity contribution in [2.45, 2.75) is 12.7 Å². The SMILES string of the molecule is NC(=O)c1c(-c2nccs2)noc1NC(=O)C1=COC(Cc2ccccc2)O1. The molecule has 1 aromatic carbocycles. The van der Waals surface area contributed by atoms with Gasteiger partial charge >= 0.3 is 0 Å². The first-order chi connectivity index (χ1) is 13.6. The summed E-state index contributed by atoms with van der Waals surface area (Å²) in [5.74, 6) is -1.69. The largest absolute Gasteiger partial charge is 0.458 e. The zero-order chi connectivity index (χ0) is 19.5. The molecule has 2 aromatic heterocycles. The molecule has 9 nitrogen and oxygen atoms in total. The molecule has 1 aliphatic rings. The number of amides is 2. The molecule has 0 bridgehead atoms. The van der Waals surface area contributed by atoms with Crippen LogP contribution in [0.2, 0.25) is 0 Å². The van der Waals surface area contributed by atoms with Gasteiger partial charge in [0.25, 0.3) is 11.8 Å². The highest BCUT2D eigenvalue weighted by Gasteiger charge is 2.29. The molecule has 3 aromatic rings. The second-order valence-electron chi connectivity index (χ2n) is 5.75. The molecule has 1 unspecified atom stereocenters. The number of benzene rings is 1. The third-order valence-electron chi connectivity index (χ3n) is 3.85. The zero-order valence-corrected chi connectivity index (χ0v) is 15.1. The maximum Gasteiger partial charge on any atom is 0.296 e. The predicted octanol–water partition coefficient (Wildman–Crippen LogP) is 2.29. The molecule has 28 heavy (non-hydrogen) atoms. The number of hydrogen-bond acceptors (Lipinski definition) is 8. The zero-order valence-electron chi connectivity index (χ0n) is 14.3. The van der Waals surface area contributed by atoms with E-state index >= 15 is 0 Å². The van der Waals surface area contributed by atoms with Crippen LogP contribution in [0.1, 0.15) is 15.9 Å². The predicted molar refractivity (Wildman–Crippen MR) is 98.9 cm³/mol. The topological polar surface area (TPSA) is 130 Å². The molecule has 0 aliphatic carbocycles. The normalized spacial score (nSPS) is 15.4. The van der Waals surface area contributed by atoms with Crippen molar-refractivity contribution in [1.82, 2.24) is 10.1 Å². The van der Waals surface area contributed by atoms with Crippen LogP contribution in [0.15, 0.2) is 58.5 Å². The van der Waals surface area contributed by atoms with Crippen molar-refractivity contribution in [3.8, 4) is 10.7 Å². The van der Waals surface area contributed by atoms with Crippen molar-refractivity contribution < 1.29 is 23.6 Å². The van der Waals surface area contributed by atoms with Crippen LogP contribution < -0.4 is 11.1 Å². The molecule has 0 spiro atoms. The Morgan fingerprint density at radius 3 is 2.79 bits per heavy atom. The minimum absolute atomic E-state index is 0.0523. The van der Waals surface area contributed by atoms with Gasteiger partial charge in [0.1, 0.15) is 16.8 Å². The Balaban J connectivity index is 1.45. The average molecular weight is 398 g/mol. The summed E-state index contributed by atoms with van der Waals surface area (Å²) in [7, 11) is 0. The Kier molecular flexibility index (Phi) is 4.77. The van der Waals surface area contributed by atoms with E-state index in [0.717, 1.165) is 5.56 Å². The summed E-state index contributed by atoms with van der Waals surface area (Å²) in [5.41, 5.74) is 6.52. The van der Waals surface area contributed by atoms with Crippen molar-refractivity contribution in [2.75, 3.05) is 5.32 Å². The molecule has 0 saturated heterocycles. The van der Waals surface area contributed by atoms with Gasteiger partial charge in [0.05, 0.1) is 0 Å². The second kappa shape index (κ2) is 7.53. The first kappa shape index (κ1) is 17.7. The average Bonchev–Trinajstić information content (AvgIpc) is 3.43. The number of anilines is 1. The van der Waals surface area contributed by atoms with Crippen LogP contribution >= 0.6 is 11.3 Å². The lowest BCUT2D eigenvalue weighted by atomic mass is 10.1. The summed E-state index contributed by atoms with van der Waals surface area (Å²) in [6, 6.07) is 9.57. The summed E-state index contributed by atoms with van der Waals surface area (Å²) < 4.78 is 16.0. The monoisotopic (exact) mass is 398 g/mol. The van der Waals surface area contributed by atoms with Gasteiger partial charge in [-0.15, -0.1) is 11.3 Å². The van der Waals surface area contributed by atoms with Gasteiger partial charge in [0.15, 0.2) is 5.69 Å². The third kappa shape index (κ3) is 3.58. The Bertz CT molecular complexity index is 1030. The van der Waals surface area contributed by atoms with Crippen molar-refractivity contribution in [3.05, 3.63) is 65.1 Å². The fourth-order valence-electron chi connectivity index (χ4n) is 2.59. The van der Waals surface area contributed by atoms with Crippen LogP contribution in [0.3, 0.4) is 0 Å². The van der Waals surface area contributed by atoms with Crippen molar-refractivity contribution in [1.29, 1.82) is 0 Å². The standard InChI is InChI=1S/C18H14N4O5S/c19-15(23)13-14(18-20-6-7-28-18)22-27-17(13)21-16(24)11-9-25-12(26-11)8-10-4-2-1-3-5-10/h1-7,9,12H,8H2,(H2,19,23)(H,21,24). The molecule has 0 radical (unpaired) electrons. The van der Waals surface area contributed by atoms with Gasteiger partial charge in [-0.25, -0.2) is 4.98 Å². The maximum absolute atomic E-state index is 12.4. The molecule has 0 saturated carbocycles. The van der Waals surface area contributed by atoms with Crippen LogP contribution in [0, 0.1) is 0 Å². The van der Waals surface area contributed by atoms with E-state index in [4.69, 9.17) is 19.7 Å². The van der Waals surface area contributed by atoms with Crippen LogP contribution in [-0.4, -0.2) is 28.2 Å². The minimum atomic E-state index is -0.804. The van der Waals surface area contributed by atoms with E-state index in [0.29, 0.717) is 11.4 Å². The molecule has 3 heterocycles. The van der Waals surface area contributed by atoms with E-state index in [-0.39, 0.29) is 22.9 Å². The van der Waals surface area contributed by atoms with Crippen molar-refractivity contribution >= 4 is 29.0 Å². The number of rotatable bonds is 6. The lowest BCUT2D eigenvalue weighted by Gasteiger charge is -2.11. The molecule has 4 rings (SSSR count). The lowest BCUT2D eigenvalue weighted by molar-refractivity contribution is -0.118. The second-order valence-corrected chi connectivity index (χ2v) is 6.64. The number of thiazole rings is 1. The first-order valence-electron chi connectivity index (χ1n) is 8.18. The Labute approximate surface area is 162 Å². The van der Waals surface area contributed by atoms with E-state index in [1.807, 2.05) is 30.3 Å². The van der Waals surface area contributed by atoms with Gasteiger partial charge in [0, 0.05) is 18.0 Å². The van der Waals surface area contributed by atoms with Gasteiger partial charge in [-0.2, -0.15) is 0 Å². The molecular formula is C18H14N4O5S. The van der Waals surface area contributed by atoms with E-state index in [2.05, 4.69) is 15.5 Å². The summed E-state index contributed by atoms with van der Waals surface area (Å²) in [4.78, 5) is 28.3. The van der Waals surface area contributed by atoms with Crippen LogP contribution in [0.4, 0.5) is 5.88 Å². The molecule has 2 amide bonds. The Morgan fingerprint density at radius 1 is 1.25 bits per heavy atom. The van der Waals surface area contributed by atoms with Gasteiger partial charge in [-0.3, -0.25) is 14.9 Å². The Morgan fingerprint density at radius 2 is 2.07 bits per heavy atom. The van der Waals surface area contributed by atoms with Crippen molar-refractivity contribution in [3.63, 3.8) is 0 Å². The molecule has 1 atom stereocenters. The van der Waals surface area contributed by atoms with Crippen molar-refractivity contribution in [2.24, 2.45) is 5.73 Å². The number of aromatic nitrogens is 2. The summed E-state index contributed by atoms with van der Waals surface area (Å²) >= 11 is 1.26. The van der Waals surface area contributed by atoms with Crippen LogP contribution in [0.5, 0.6) is 0 Å². The Hall–Kier alpha value is -3.66. The molecule has 0 fully saturated rings. The highest BCUT2D eigenvalue weighted by molar-refractivity contribution is 7.13. The van der Waals surface area contributed by atoms with Gasteiger partial charge < -0.3 is 19.7 Å². The fraction of sp³-hybridized carbons (Fsp3) is 0.111. The quantitative estimate of drug-likeness (QED) is 0.651. The van der Waals surface area contributed by atoms with E-state index < -0.39 is 18.1 Å². The van der Waals surface area contributed by atoms with Crippen LogP contribution in [0.25, 0.3) is 10.7 Å². The number of ether oxygens (including phenoxy) is 2.